The Kier molecular flexibility index (Phi) is 6.21. The predicted octanol–water partition coefficient (Wildman–Crippen LogP) is 4.26. The number of rotatable bonds is 7. The van der Waals surface area contributed by atoms with Crippen molar-refractivity contribution in [2.45, 2.75) is 33.2 Å². The van der Waals surface area contributed by atoms with E-state index in [9.17, 15) is 14.4 Å². The summed E-state index contributed by atoms with van der Waals surface area (Å²) in [5, 5.41) is 0. The first-order valence-corrected chi connectivity index (χ1v) is 10.8. The number of amides is 1. The Hall–Kier alpha value is -3.67. The molecule has 4 rings (SSSR count). The van der Waals surface area contributed by atoms with Crippen molar-refractivity contribution in [2.75, 3.05) is 13.2 Å². The van der Waals surface area contributed by atoms with E-state index in [0.717, 1.165) is 35.6 Å². The van der Waals surface area contributed by atoms with E-state index in [2.05, 4.69) is 0 Å². The summed E-state index contributed by atoms with van der Waals surface area (Å²) >= 11 is 0. The summed E-state index contributed by atoms with van der Waals surface area (Å²) in [6.07, 6.45) is 1.45. The van der Waals surface area contributed by atoms with Gasteiger partial charge in [-0.25, -0.2) is 4.79 Å². The molecule has 0 spiro atoms. The molecule has 0 N–H and O–H groups in total. The van der Waals surface area contributed by atoms with Gasteiger partial charge in [0.15, 0.2) is 6.61 Å². The number of hydrogen-bond acceptors (Lipinski definition) is 4. The standard InChI is InChI=1S/C26H26N2O4/c1-18-14-23(19(2)28(18)22-10-4-3-5-11-22)24(29)17-32-26(31)21-9-6-8-20(15-21)16-27-13-7-12-25(27)30/h3-6,8-11,14-15H,7,12-13,16-17H2,1-2H3. The summed E-state index contributed by atoms with van der Waals surface area (Å²) in [7, 11) is 0. The molecule has 0 atom stereocenters. The highest BCUT2D eigenvalue weighted by Crippen LogP contribution is 2.21. The summed E-state index contributed by atoms with van der Waals surface area (Å²) in [5.41, 5.74) is 4.51. The molecular formula is C26H26N2O4. The maximum absolute atomic E-state index is 12.8. The third-order valence-corrected chi connectivity index (χ3v) is 5.79. The molecule has 1 aliphatic rings. The maximum Gasteiger partial charge on any atom is 0.338 e. The number of aryl methyl sites for hydroxylation is 1. The number of benzene rings is 2. The molecule has 1 amide bonds. The molecule has 1 saturated heterocycles. The Morgan fingerprint density at radius 1 is 1.00 bits per heavy atom. The van der Waals surface area contributed by atoms with Crippen LogP contribution in [0.4, 0.5) is 0 Å². The molecular weight excluding hydrogens is 404 g/mol. The van der Waals surface area contributed by atoms with Crippen molar-refractivity contribution in [3.63, 3.8) is 0 Å². The van der Waals surface area contributed by atoms with Crippen LogP contribution in [0.1, 0.15) is 50.5 Å². The molecule has 0 radical (unpaired) electrons. The van der Waals surface area contributed by atoms with Crippen LogP contribution < -0.4 is 0 Å². The lowest BCUT2D eigenvalue weighted by Gasteiger charge is -2.15. The van der Waals surface area contributed by atoms with Gasteiger partial charge < -0.3 is 14.2 Å². The quantitative estimate of drug-likeness (QED) is 0.415. The summed E-state index contributed by atoms with van der Waals surface area (Å²) in [6, 6.07) is 18.7. The summed E-state index contributed by atoms with van der Waals surface area (Å²) < 4.78 is 7.33. The van der Waals surface area contributed by atoms with Gasteiger partial charge in [0.2, 0.25) is 11.7 Å². The van der Waals surface area contributed by atoms with Crippen molar-refractivity contribution in [3.05, 3.63) is 88.7 Å². The van der Waals surface area contributed by atoms with Gasteiger partial charge in [-0.3, -0.25) is 9.59 Å². The number of ether oxygens (including phenoxy) is 1. The van der Waals surface area contributed by atoms with Crippen LogP contribution in [0.2, 0.25) is 0 Å². The van der Waals surface area contributed by atoms with Crippen molar-refractivity contribution < 1.29 is 19.1 Å². The topological polar surface area (TPSA) is 68.6 Å². The molecule has 0 bridgehead atoms. The lowest BCUT2D eigenvalue weighted by atomic mass is 10.1. The van der Waals surface area contributed by atoms with Gasteiger partial charge in [0.05, 0.1) is 5.56 Å². The molecule has 6 nitrogen and oxygen atoms in total. The zero-order valence-corrected chi connectivity index (χ0v) is 18.3. The molecule has 2 heterocycles. The van der Waals surface area contributed by atoms with E-state index < -0.39 is 5.97 Å². The van der Waals surface area contributed by atoms with Crippen molar-refractivity contribution in [1.82, 2.24) is 9.47 Å². The fourth-order valence-electron chi connectivity index (χ4n) is 4.20. The molecule has 32 heavy (non-hydrogen) atoms. The van der Waals surface area contributed by atoms with Gasteiger partial charge in [0, 0.05) is 42.1 Å². The lowest BCUT2D eigenvalue weighted by Crippen LogP contribution is -2.24. The smallest absolute Gasteiger partial charge is 0.338 e. The fourth-order valence-corrected chi connectivity index (χ4v) is 4.20. The van der Waals surface area contributed by atoms with Gasteiger partial charge in [0.1, 0.15) is 0 Å². The highest BCUT2D eigenvalue weighted by molar-refractivity contribution is 6.00. The van der Waals surface area contributed by atoms with Crippen LogP contribution in [0.5, 0.6) is 0 Å². The Bertz CT molecular complexity index is 1160. The second kappa shape index (κ2) is 9.22. The number of para-hydroxylation sites is 1. The average Bonchev–Trinajstić information content (AvgIpc) is 3.34. The van der Waals surface area contributed by atoms with E-state index in [1.807, 2.05) is 60.9 Å². The number of carbonyl (C=O) groups excluding carboxylic acids is 3. The van der Waals surface area contributed by atoms with E-state index in [-0.39, 0.29) is 18.3 Å². The number of nitrogens with zero attached hydrogens (tertiary/aromatic N) is 2. The van der Waals surface area contributed by atoms with Crippen LogP contribution in [-0.2, 0) is 16.1 Å². The molecule has 1 aliphatic heterocycles. The van der Waals surface area contributed by atoms with E-state index >= 15 is 0 Å². The fraction of sp³-hybridized carbons (Fsp3) is 0.269. The van der Waals surface area contributed by atoms with Gasteiger partial charge in [0.25, 0.3) is 0 Å². The molecule has 3 aromatic rings. The monoisotopic (exact) mass is 430 g/mol. The normalized spacial score (nSPS) is 13.4. The van der Waals surface area contributed by atoms with Crippen LogP contribution in [0.25, 0.3) is 5.69 Å². The second-order valence-corrected chi connectivity index (χ2v) is 8.07. The van der Waals surface area contributed by atoms with Crippen LogP contribution in [0.15, 0.2) is 60.7 Å². The number of ketones is 1. The summed E-state index contributed by atoms with van der Waals surface area (Å²) in [6.45, 7) is 4.72. The first-order chi connectivity index (χ1) is 15.4. The number of esters is 1. The van der Waals surface area contributed by atoms with E-state index in [1.54, 1.807) is 23.1 Å². The average molecular weight is 431 g/mol. The minimum atomic E-state index is -0.551. The Balaban J connectivity index is 1.42. The van der Waals surface area contributed by atoms with Crippen molar-refractivity contribution in [2.24, 2.45) is 0 Å². The Morgan fingerprint density at radius 2 is 1.78 bits per heavy atom. The molecule has 0 saturated carbocycles. The third-order valence-electron chi connectivity index (χ3n) is 5.79. The minimum absolute atomic E-state index is 0.136. The maximum atomic E-state index is 12.8. The van der Waals surface area contributed by atoms with Gasteiger partial charge in [-0.2, -0.15) is 0 Å². The number of aromatic nitrogens is 1. The van der Waals surface area contributed by atoms with Crippen molar-refractivity contribution in [1.29, 1.82) is 0 Å². The molecule has 2 aromatic carbocycles. The van der Waals surface area contributed by atoms with Gasteiger partial charge >= 0.3 is 5.97 Å². The highest BCUT2D eigenvalue weighted by Gasteiger charge is 2.21. The van der Waals surface area contributed by atoms with E-state index in [0.29, 0.717) is 24.1 Å². The van der Waals surface area contributed by atoms with Gasteiger partial charge in [-0.15, -0.1) is 0 Å². The Morgan fingerprint density at radius 3 is 2.50 bits per heavy atom. The first-order valence-electron chi connectivity index (χ1n) is 10.8. The third kappa shape index (κ3) is 4.49. The molecule has 1 fully saturated rings. The molecule has 164 valence electrons. The largest absolute Gasteiger partial charge is 0.454 e. The van der Waals surface area contributed by atoms with Crippen molar-refractivity contribution >= 4 is 17.7 Å². The summed E-state index contributed by atoms with van der Waals surface area (Å²) in [5.74, 6) is -0.658. The highest BCUT2D eigenvalue weighted by atomic mass is 16.5. The predicted molar refractivity (Wildman–Crippen MR) is 121 cm³/mol. The van der Waals surface area contributed by atoms with Crippen LogP contribution >= 0.6 is 0 Å². The SMILES string of the molecule is Cc1cc(C(=O)COC(=O)c2cccc(CN3CCCC3=O)c2)c(C)n1-c1ccccc1. The second-order valence-electron chi connectivity index (χ2n) is 8.07. The molecule has 6 heteroatoms. The molecule has 0 aliphatic carbocycles. The zero-order valence-electron chi connectivity index (χ0n) is 18.3. The zero-order chi connectivity index (χ0) is 22.7. The number of Topliss-reactive ketones (excluding diaryl/α,β-unsaturated/α-hetero) is 1. The first kappa shape index (κ1) is 21.6. The van der Waals surface area contributed by atoms with E-state index in [4.69, 9.17) is 4.74 Å². The van der Waals surface area contributed by atoms with Crippen LogP contribution in [0, 0.1) is 13.8 Å². The number of hydrogen-bond donors (Lipinski definition) is 0. The number of likely N-dealkylation sites (tertiary alicyclic amines) is 1. The summed E-state index contributed by atoms with van der Waals surface area (Å²) in [4.78, 5) is 39.0. The van der Waals surface area contributed by atoms with Crippen LogP contribution in [-0.4, -0.2) is 40.3 Å². The number of carbonyl (C=O) groups is 3. The minimum Gasteiger partial charge on any atom is -0.454 e. The van der Waals surface area contributed by atoms with Crippen LogP contribution in [0.3, 0.4) is 0 Å². The Labute approximate surface area is 187 Å². The van der Waals surface area contributed by atoms with Gasteiger partial charge in [-0.1, -0.05) is 30.3 Å². The van der Waals surface area contributed by atoms with E-state index in [1.165, 1.54) is 0 Å². The molecule has 0 unspecified atom stereocenters. The van der Waals surface area contributed by atoms with Crippen molar-refractivity contribution in [3.8, 4) is 5.69 Å². The van der Waals surface area contributed by atoms with Gasteiger partial charge in [-0.05, 0) is 56.2 Å². The lowest BCUT2D eigenvalue weighted by molar-refractivity contribution is -0.128. The molecule has 1 aromatic heterocycles.